The van der Waals surface area contributed by atoms with Crippen molar-refractivity contribution in [3.05, 3.63) is 45.8 Å². The number of aryl methyl sites for hydroxylation is 2. The van der Waals surface area contributed by atoms with Gasteiger partial charge in [-0.2, -0.15) is 0 Å². The van der Waals surface area contributed by atoms with Gasteiger partial charge in [0.25, 0.3) is 5.91 Å². The van der Waals surface area contributed by atoms with Gasteiger partial charge < -0.3 is 15.7 Å². The van der Waals surface area contributed by atoms with E-state index < -0.39 is 5.97 Å². The fourth-order valence-electron chi connectivity index (χ4n) is 3.83. The van der Waals surface area contributed by atoms with Gasteiger partial charge in [-0.25, -0.2) is 0 Å². The summed E-state index contributed by atoms with van der Waals surface area (Å²) in [6.45, 7) is 3.68. The van der Waals surface area contributed by atoms with Crippen LogP contribution in [-0.2, 0) is 22.4 Å². The van der Waals surface area contributed by atoms with Crippen LogP contribution in [0.2, 0.25) is 0 Å². The highest BCUT2D eigenvalue weighted by Crippen LogP contribution is 2.38. The lowest BCUT2D eigenvalue weighted by Crippen LogP contribution is -2.20. The third kappa shape index (κ3) is 5.48. The van der Waals surface area contributed by atoms with Crippen molar-refractivity contribution in [3.63, 3.8) is 0 Å². The smallest absolute Gasteiger partial charge is 0.303 e. The summed E-state index contributed by atoms with van der Waals surface area (Å²) in [4.78, 5) is 37.8. The fourth-order valence-corrected chi connectivity index (χ4v) is 5.14. The van der Waals surface area contributed by atoms with Crippen molar-refractivity contribution in [2.24, 2.45) is 5.92 Å². The average Bonchev–Trinajstić information content (AvgIpc) is 2.83. The predicted molar refractivity (Wildman–Crippen MR) is 119 cm³/mol. The first-order valence-electron chi connectivity index (χ1n) is 10.4. The number of aliphatic carboxylic acids is 1. The van der Waals surface area contributed by atoms with Crippen molar-refractivity contribution in [3.8, 4) is 0 Å². The number of benzene rings is 1. The van der Waals surface area contributed by atoms with Crippen LogP contribution in [0.1, 0.15) is 65.4 Å². The molecule has 2 aromatic rings. The number of carboxylic acids is 1. The molecule has 0 aliphatic heterocycles. The highest BCUT2D eigenvalue weighted by Gasteiger charge is 2.26. The Kier molecular flexibility index (Phi) is 7.26. The number of rotatable bonds is 7. The van der Waals surface area contributed by atoms with Gasteiger partial charge in [-0.1, -0.05) is 31.5 Å². The summed E-state index contributed by atoms with van der Waals surface area (Å²) in [6.07, 6.45) is 5.02. The number of carbonyl (C=O) groups is 3. The molecule has 0 fully saturated rings. The molecule has 2 amide bonds. The summed E-state index contributed by atoms with van der Waals surface area (Å²) in [5.41, 5.74) is 3.32. The highest BCUT2D eigenvalue weighted by molar-refractivity contribution is 7.17. The number of carbonyl (C=O) groups excluding carboxylic acids is 2. The third-order valence-corrected chi connectivity index (χ3v) is 6.56. The number of thiophene rings is 1. The van der Waals surface area contributed by atoms with Crippen molar-refractivity contribution in [1.29, 1.82) is 0 Å². The second-order valence-electron chi connectivity index (χ2n) is 7.99. The summed E-state index contributed by atoms with van der Waals surface area (Å²) < 4.78 is 0. The number of hydrogen-bond acceptors (Lipinski definition) is 4. The van der Waals surface area contributed by atoms with Crippen LogP contribution in [0, 0.1) is 12.8 Å². The van der Waals surface area contributed by atoms with Gasteiger partial charge in [-0.05, 0) is 55.7 Å². The molecule has 1 aliphatic carbocycles. The van der Waals surface area contributed by atoms with Gasteiger partial charge >= 0.3 is 5.97 Å². The van der Waals surface area contributed by atoms with Crippen LogP contribution in [0.3, 0.4) is 0 Å². The molecule has 0 bridgehead atoms. The lowest BCUT2D eigenvalue weighted by Gasteiger charge is -2.12. The van der Waals surface area contributed by atoms with E-state index in [1.165, 1.54) is 11.3 Å². The zero-order chi connectivity index (χ0) is 21.7. The Labute approximate surface area is 180 Å². The zero-order valence-electron chi connectivity index (χ0n) is 17.4. The zero-order valence-corrected chi connectivity index (χ0v) is 18.2. The van der Waals surface area contributed by atoms with Crippen LogP contribution >= 0.6 is 11.3 Å². The topological polar surface area (TPSA) is 95.5 Å². The Hall–Kier alpha value is -2.67. The Bertz CT molecular complexity index is 951. The summed E-state index contributed by atoms with van der Waals surface area (Å²) >= 11 is 1.48. The lowest BCUT2D eigenvalue weighted by molar-refractivity contribution is -0.138. The molecule has 3 N–H and O–H groups in total. The fraction of sp³-hybridized carbons (Fsp3) is 0.435. The third-order valence-electron chi connectivity index (χ3n) is 5.35. The van der Waals surface area contributed by atoms with Gasteiger partial charge in [0.1, 0.15) is 5.00 Å². The molecule has 1 heterocycles. The quantitative estimate of drug-likeness (QED) is 0.540. The maximum atomic E-state index is 13.2. The molecule has 1 aliphatic rings. The minimum atomic E-state index is -0.920. The molecule has 30 heavy (non-hydrogen) atoms. The van der Waals surface area contributed by atoms with Crippen molar-refractivity contribution in [1.82, 2.24) is 0 Å². The minimum Gasteiger partial charge on any atom is -0.481 e. The number of hydrogen-bond donors (Lipinski definition) is 3. The molecule has 0 unspecified atom stereocenters. The van der Waals surface area contributed by atoms with E-state index in [0.29, 0.717) is 10.6 Å². The van der Waals surface area contributed by atoms with E-state index in [-0.39, 0.29) is 30.6 Å². The minimum absolute atomic E-state index is 0.0605. The van der Waals surface area contributed by atoms with Crippen molar-refractivity contribution < 1.29 is 19.5 Å². The molecular weight excluding hydrogens is 400 g/mol. The maximum absolute atomic E-state index is 13.2. The highest BCUT2D eigenvalue weighted by atomic mass is 32.1. The average molecular weight is 429 g/mol. The van der Waals surface area contributed by atoms with Crippen LogP contribution in [0.4, 0.5) is 10.7 Å². The van der Waals surface area contributed by atoms with E-state index in [2.05, 4.69) is 10.6 Å². The molecule has 1 aromatic heterocycles. The second-order valence-corrected chi connectivity index (χ2v) is 9.10. The molecule has 1 atom stereocenters. The van der Waals surface area contributed by atoms with E-state index in [4.69, 9.17) is 5.11 Å². The number of amides is 2. The SMILES string of the molecule is Cc1ccccc1NC(=O)c1c(NC(=O)C[C@H](C)CC(=O)O)sc2c1CCCCC2. The summed E-state index contributed by atoms with van der Waals surface area (Å²) in [6, 6.07) is 7.61. The van der Waals surface area contributed by atoms with Gasteiger partial charge in [0.2, 0.25) is 5.91 Å². The molecule has 160 valence electrons. The van der Waals surface area contributed by atoms with E-state index in [1.807, 2.05) is 31.2 Å². The Morgan fingerprint density at radius 1 is 1.07 bits per heavy atom. The van der Waals surface area contributed by atoms with E-state index in [9.17, 15) is 14.4 Å². The van der Waals surface area contributed by atoms with E-state index >= 15 is 0 Å². The second kappa shape index (κ2) is 9.89. The van der Waals surface area contributed by atoms with Crippen molar-refractivity contribution >= 4 is 39.8 Å². The first kappa shape index (κ1) is 22.0. The Morgan fingerprint density at radius 3 is 2.53 bits per heavy atom. The van der Waals surface area contributed by atoms with Crippen LogP contribution in [0.25, 0.3) is 0 Å². The molecule has 1 aromatic carbocycles. The first-order chi connectivity index (χ1) is 14.3. The number of fused-ring (bicyclic) bond motifs is 1. The van der Waals surface area contributed by atoms with Gasteiger partial charge in [-0.3, -0.25) is 14.4 Å². The Morgan fingerprint density at radius 2 is 1.80 bits per heavy atom. The van der Waals surface area contributed by atoms with Crippen LogP contribution in [-0.4, -0.2) is 22.9 Å². The summed E-state index contributed by atoms with van der Waals surface area (Å²) in [7, 11) is 0. The number of nitrogens with one attached hydrogen (secondary N) is 2. The number of para-hydroxylation sites is 1. The molecule has 3 rings (SSSR count). The molecular formula is C23H28N2O4S. The van der Waals surface area contributed by atoms with E-state index in [0.717, 1.165) is 53.8 Å². The van der Waals surface area contributed by atoms with Gasteiger partial charge in [0.15, 0.2) is 0 Å². The van der Waals surface area contributed by atoms with Gasteiger partial charge in [-0.15, -0.1) is 11.3 Å². The standard InChI is InChI=1S/C23H28N2O4S/c1-14(13-20(27)28)12-19(26)25-23-21(16-9-4-3-5-11-18(16)30-23)22(29)24-17-10-7-6-8-15(17)2/h6-8,10,14H,3-5,9,11-13H2,1-2H3,(H,24,29)(H,25,26)(H,27,28)/t14-/m0/s1. The molecule has 7 heteroatoms. The van der Waals surface area contributed by atoms with Crippen molar-refractivity contribution in [2.45, 2.75) is 58.8 Å². The maximum Gasteiger partial charge on any atom is 0.303 e. The summed E-state index contributed by atoms with van der Waals surface area (Å²) in [5, 5.41) is 15.4. The summed E-state index contributed by atoms with van der Waals surface area (Å²) in [5.74, 6) is -1.66. The Balaban J connectivity index is 1.86. The van der Waals surface area contributed by atoms with Gasteiger partial charge in [0.05, 0.1) is 5.56 Å². The molecule has 0 saturated heterocycles. The van der Waals surface area contributed by atoms with Crippen LogP contribution in [0.5, 0.6) is 0 Å². The largest absolute Gasteiger partial charge is 0.481 e. The molecule has 0 saturated carbocycles. The van der Waals surface area contributed by atoms with Crippen LogP contribution < -0.4 is 10.6 Å². The van der Waals surface area contributed by atoms with Crippen LogP contribution in [0.15, 0.2) is 24.3 Å². The normalized spacial score (nSPS) is 14.3. The molecule has 6 nitrogen and oxygen atoms in total. The number of anilines is 2. The van der Waals surface area contributed by atoms with Gasteiger partial charge in [0, 0.05) is 23.4 Å². The molecule has 0 radical (unpaired) electrons. The van der Waals surface area contributed by atoms with Crippen molar-refractivity contribution in [2.75, 3.05) is 10.6 Å². The van der Waals surface area contributed by atoms with E-state index in [1.54, 1.807) is 6.92 Å². The lowest BCUT2D eigenvalue weighted by atomic mass is 10.0. The molecule has 0 spiro atoms. The first-order valence-corrected chi connectivity index (χ1v) is 11.2. The monoisotopic (exact) mass is 428 g/mol. The number of carboxylic acid groups (broad SMARTS) is 1. The predicted octanol–water partition coefficient (Wildman–Crippen LogP) is 5.02.